The highest BCUT2D eigenvalue weighted by atomic mass is 16.5. The first-order chi connectivity index (χ1) is 7.34. The van der Waals surface area contributed by atoms with Crippen molar-refractivity contribution in [1.29, 1.82) is 0 Å². The quantitative estimate of drug-likeness (QED) is 0.721. The predicted molar refractivity (Wildman–Crippen MR) is 63.2 cm³/mol. The Bertz CT molecular complexity index is 307. The Morgan fingerprint density at radius 1 is 1.40 bits per heavy atom. The van der Waals surface area contributed by atoms with Crippen LogP contribution in [0.1, 0.15) is 18.4 Å². The number of ether oxygens (including phenoxy) is 1. The Morgan fingerprint density at radius 3 is 3.00 bits per heavy atom. The van der Waals surface area contributed by atoms with Crippen molar-refractivity contribution in [3.8, 4) is 0 Å². The summed E-state index contributed by atoms with van der Waals surface area (Å²) in [4.78, 5) is 0. The molecule has 2 nitrogen and oxygen atoms in total. The number of nitrogens with one attached hydrogen (secondary N) is 1. The van der Waals surface area contributed by atoms with Gasteiger partial charge >= 0.3 is 0 Å². The molecule has 0 aliphatic heterocycles. The molecular weight excluding hydrogens is 186 g/mol. The number of hydrogen-bond donors (Lipinski definition) is 1. The third-order valence-corrected chi connectivity index (χ3v) is 2.64. The molecule has 0 aromatic heterocycles. The van der Waals surface area contributed by atoms with E-state index in [0.717, 1.165) is 25.7 Å². The van der Waals surface area contributed by atoms with Gasteiger partial charge in [0.15, 0.2) is 0 Å². The number of anilines is 1. The van der Waals surface area contributed by atoms with E-state index >= 15 is 0 Å². The highest BCUT2D eigenvalue weighted by molar-refractivity contribution is 5.45. The molecule has 1 saturated carbocycles. The largest absolute Gasteiger partial charge is 0.383 e. The van der Waals surface area contributed by atoms with Crippen molar-refractivity contribution in [2.24, 2.45) is 5.92 Å². The lowest BCUT2D eigenvalue weighted by Gasteiger charge is -2.07. The van der Waals surface area contributed by atoms with E-state index in [0.29, 0.717) is 0 Å². The molecule has 0 bridgehead atoms. The second-order valence-electron chi connectivity index (χ2n) is 4.31. The summed E-state index contributed by atoms with van der Waals surface area (Å²) >= 11 is 0. The zero-order valence-corrected chi connectivity index (χ0v) is 9.33. The maximum Gasteiger partial charge on any atom is 0.0639 e. The lowest BCUT2D eigenvalue weighted by atomic mass is 10.2. The predicted octanol–water partition coefficient (Wildman–Crippen LogP) is 2.83. The summed E-state index contributed by atoms with van der Waals surface area (Å²) in [6, 6.07) is 8.42. The van der Waals surface area contributed by atoms with E-state index in [9.17, 15) is 0 Å². The monoisotopic (exact) mass is 205 g/mol. The maximum atomic E-state index is 5.55. The van der Waals surface area contributed by atoms with Gasteiger partial charge in [0.05, 0.1) is 6.61 Å². The Labute approximate surface area is 91.6 Å². The van der Waals surface area contributed by atoms with Crippen LogP contribution in [0.25, 0.3) is 0 Å². The molecule has 0 atom stereocenters. The minimum Gasteiger partial charge on any atom is -0.383 e. The van der Waals surface area contributed by atoms with Crippen molar-refractivity contribution in [1.82, 2.24) is 0 Å². The Morgan fingerprint density at radius 2 is 2.27 bits per heavy atom. The average Bonchev–Trinajstić information content (AvgIpc) is 3.01. The van der Waals surface area contributed by atoms with E-state index in [1.165, 1.54) is 24.1 Å². The van der Waals surface area contributed by atoms with Gasteiger partial charge in [0.25, 0.3) is 0 Å². The van der Waals surface area contributed by atoms with Gasteiger partial charge in [0.2, 0.25) is 0 Å². The van der Waals surface area contributed by atoms with Crippen molar-refractivity contribution >= 4 is 5.69 Å². The second kappa shape index (κ2) is 5.17. The Kier molecular flexibility index (Phi) is 3.62. The summed E-state index contributed by atoms with van der Waals surface area (Å²) in [6.07, 6.45) is 2.73. The van der Waals surface area contributed by atoms with Crippen molar-refractivity contribution in [2.75, 3.05) is 25.1 Å². The first-order valence-corrected chi connectivity index (χ1v) is 5.73. The van der Waals surface area contributed by atoms with Crippen molar-refractivity contribution in [2.45, 2.75) is 19.8 Å². The van der Waals surface area contributed by atoms with Crippen LogP contribution in [0.4, 0.5) is 5.69 Å². The van der Waals surface area contributed by atoms with Gasteiger partial charge in [0, 0.05) is 18.8 Å². The zero-order valence-electron chi connectivity index (χ0n) is 9.33. The second-order valence-corrected chi connectivity index (χ2v) is 4.31. The maximum absolute atomic E-state index is 5.55. The van der Waals surface area contributed by atoms with Gasteiger partial charge in [-0.15, -0.1) is 0 Å². The van der Waals surface area contributed by atoms with E-state index in [2.05, 4.69) is 36.5 Å². The molecule has 0 unspecified atom stereocenters. The third-order valence-electron chi connectivity index (χ3n) is 2.64. The molecule has 0 saturated heterocycles. The molecular formula is C13H19NO. The van der Waals surface area contributed by atoms with Crippen LogP contribution in [-0.2, 0) is 4.74 Å². The smallest absolute Gasteiger partial charge is 0.0639 e. The van der Waals surface area contributed by atoms with E-state index in [4.69, 9.17) is 4.74 Å². The first-order valence-electron chi connectivity index (χ1n) is 5.73. The van der Waals surface area contributed by atoms with E-state index < -0.39 is 0 Å². The summed E-state index contributed by atoms with van der Waals surface area (Å²) in [5.74, 6) is 0.865. The molecule has 0 spiro atoms. The molecule has 1 aromatic rings. The van der Waals surface area contributed by atoms with Crippen LogP contribution >= 0.6 is 0 Å². The van der Waals surface area contributed by atoms with Crippen LogP contribution in [0.15, 0.2) is 24.3 Å². The van der Waals surface area contributed by atoms with Crippen LogP contribution in [0.3, 0.4) is 0 Å². The minimum atomic E-state index is 0.810. The number of benzene rings is 1. The molecule has 1 aliphatic rings. The molecule has 1 fully saturated rings. The minimum absolute atomic E-state index is 0.810. The molecule has 1 aliphatic carbocycles. The first kappa shape index (κ1) is 10.5. The molecule has 15 heavy (non-hydrogen) atoms. The Hall–Kier alpha value is -1.02. The van der Waals surface area contributed by atoms with Crippen molar-refractivity contribution in [3.63, 3.8) is 0 Å². The summed E-state index contributed by atoms with van der Waals surface area (Å²) in [7, 11) is 0. The van der Waals surface area contributed by atoms with Gasteiger partial charge in [-0.2, -0.15) is 0 Å². The van der Waals surface area contributed by atoms with E-state index in [1.807, 2.05) is 0 Å². The van der Waals surface area contributed by atoms with E-state index in [1.54, 1.807) is 0 Å². The molecule has 1 aromatic carbocycles. The Balaban J connectivity index is 1.60. The van der Waals surface area contributed by atoms with Crippen LogP contribution in [-0.4, -0.2) is 19.8 Å². The molecule has 1 N–H and O–H groups in total. The summed E-state index contributed by atoms with van der Waals surface area (Å²) in [5.41, 5.74) is 2.48. The lowest BCUT2D eigenvalue weighted by molar-refractivity contribution is 0.134. The van der Waals surface area contributed by atoms with Gasteiger partial charge in [-0.25, -0.2) is 0 Å². The summed E-state index contributed by atoms with van der Waals surface area (Å²) in [5, 5.41) is 3.35. The number of rotatable bonds is 6. The van der Waals surface area contributed by atoms with Crippen LogP contribution in [0.5, 0.6) is 0 Å². The van der Waals surface area contributed by atoms with Crippen molar-refractivity contribution in [3.05, 3.63) is 29.8 Å². The van der Waals surface area contributed by atoms with Gasteiger partial charge in [-0.1, -0.05) is 12.1 Å². The topological polar surface area (TPSA) is 21.3 Å². The van der Waals surface area contributed by atoms with Gasteiger partial charge in [-0.3, -0.25) is 0 Å². The number of aryl methyl sites for hydroxylation is 1. The summed E-state index contributed by atoms with van der Waals surface area (Å²) in [6.45, 7) is 4.77. The fourth-order valence-electron chi connectivity index (χ4n) is 1.56. The molecule has 0 amide bonds. The summed E-state index contributed by atoms with van der Waals surface area (Å²) < 4.78 is 5.55. The fraction of sp³-hybridized carbons (Fsp3) is 0.538. The average molecular weight is 205 g/mol. The molecule has 0 heterocycles. The number of hydrogen-bond acceptors (Lipinski definition) is 2. The lowest BCUT2D eigenvalue weighted by Crippen LogP contribution is -2.10. The van der Waals surface area contributed by atoms with Gasteiger partial charge < -0.3 is 10.1 Å². The van der Waals surface area contributed by atoms with E-state index in [-0.39, 0.29) is 0 Å². The van der Waals surface area contributed by atoms with Crippen LogP contribution < -0.4 is 5.32 Å². The highest BCUT2D eigenvalue weighted by Crippen LogP contribution is 2.28. The fourth-order valence-corrected chi connectivity index (χ4v) is 1.56. The molecule has 82 valence electrons. The van der Waals surface area contributed by atoms with Crippen LogP contribution in [0.2, 0.25) is 0 Å². The highest BCUT2D eigenvalue weighted by Gasteiger charge is 2.20. The molecule has 2 rings (SSSR count). The SMILES string of the molecule is Cc1cccc(NCCOCC2CC2)c1. The van der Waals surface area contributed by atoms with Gasteiger partial charge in [0.1, 0.15) is 0 Å². The van der Waals surface area contributed by atoms with Crippen molar-refractivity contribution < 1.29 is 4.74 Å². The standard InChI is InChI=1S/C13H19NO/c1-11-3-2-4-13(9-11)14-7-8-15-10-12-5-6-12/h2-4,9,12,14H,5-8,10H2,1H3. The molecule has 0 radical (unpaired) electrons. The third kappa shape index (κ3) is 3.92. The normalized spacial score (nSPS) is 15.3. The zero-order chi connectivity index (χ0) is 10.5. The van der Waals surface area contributed by atoms with Crippen LogP contribution in [0, 0.1) is 12.8 Å². The molecule has 2 heteroatoms. The van der Waals surface area contributed by atoms with Gasteiger partial charge in [-0.05, 0) is 43.4 Å².